The van der Waals surface area contributed by atoms with Crippen LogP contribution in [0.2, 0.25) is 0 Å². The molecule has 36 heavy (non-hydrogen) atoms. The van der Waals surface area contributed by atoms with Crippen molar-refractivity contribution in [2.45, 2.75) is 60.1 Å². The molecule has 3 aromatic heterocycles. The number of carbonyl (C=O) groups excluding carboxylic acids is 2. The van der Waals surface area contributed by atoms with Gasteiger partial charge in [-0.2, -0.15) is 0 Å². The number of carbonyl (C=O) groups is 2. The largest absolute Gasteiger partial charge is 0.466 e. The molecule has 3 heterocycles. The monoisotopic (exact) mass is 488 g/mol. The minimum atomic E-state index is -0.667. The highest BCUT2D eigenvalue weighted by atomic mass is 16.6. The normalized spacial score (nSPS) is 12.1. The maximum Gasteiger partial charge on any atom is 0.419 e. The fourth-order valence-electron chi connectivity index (χ4n) is 4.31. The summed E-state index contributed by atoms with van der Waals surface area (Å²) in [5.41, 5.74) is 5.45. The molecule has 1 aromatic carbocycles. The van der Waals surface area contributed by atoms with E-state index in [1.807, 2.05) is 58.0 Å². The van der Waals surface area contributed by atoms with Gasteiger partial charge in [0.15, 0.2) is 5.65 Å². The number of rotatable bonds is 5. The van der Waals surface area contributed by atoms with Crippen molar-refractivity contribution in [3.63, 3.8) is 0 Å². The van der Waals surface area contributed by atoms with Crippen LogP contribution in [0.5, 0.6) is 0 Å². The van der Waals surface area contributed by atoms with E-state index in [1.165, 1.54) is 17.8 Å². The van der Waals surface area contributed by atoms with E-state index < -0.39 is 17.7 Å². The van der Waals surface area contributed by atoms with E-state index in [0.29, 0.717) is 17.8 Å². The van der Waals surface area contributed by atoms with E-state index in [2.05, 4.69) is 18.4 Å². The van der Waals surface area contributed by atoms with E-state index in [9.17, 15) is 9.59 Å². The molecule has 8 heteroatoms. The van der Waals surface area contributed by atoms with Crippen LogP contribution in [0.3, 0.4) is 0 Å². The number of hydrogen-bond donors (Lipinski definition) is 0. The summed E-state index contributed by atoms with van der Waals surface area (Å²) < 4.78 is 14.0. The predicted octanol–water partition coefficient (Wildman–Crippen LogP) is 5.58. The molecule has 0 fully saturated rings. The summed E-state index contributed by atoms with van der Waals surface area (Å²) in [6.45, 7) is 12.2. The molecule has 8 nitrogen and oxygen atoms in total. The van der Waals surface area contributed by atoms with Crippen LogP contribution < -0.4 is 0 Å². The average Bonchev–Trinajstić information content (AvgIpc) is 3.34. The zero-order chi connectivity index (χ0) is 26.2. The molecular weight excluding hydrogens is 456 g/mol. The van der Waals surface area contributed by atoms with E-state index in [-0.39, 0.29) is 0 Å². The molecule has 188 valence electrons. The first-order valence-corrected chi connectivity index (χ1v) is 12.0. The van der Waals surface area contributed by atoms with Crippen LogP contribution in [0.1, 0.15) is 56.0 Å². The van der Waals surface area contributed by atoms with E-state index in [0.717, 1.165) is 45.6 Å². The molecule has 4 rings (SSSR count). The Morgan fingerprint density at radius 3 is 2.50 bits per heavy atom. The van der Waals surface area contributed by atoms with Gasteiger partial charge in [-0.1, -0.05) is 13.0 Å². The van der Waals surface area contributed by atoms with Gasteiger partial charge in [-0.15, -0.1) is 0 Å². The lowest BCUT2D eigenvalue weighted by Crippen LogP contribution is -2.27. The molecule has 0 aliphatic heterocycles. The van der Waals surface area contributed by atoms with Crippen molar-refractivity contribution >= 4 is 40.2 Å². The van der Waals surface area contributed by atoms with Gasteiger partial charge in [0.2, 0.25) is 0 Å². The van der Waals surface area contributed by atoms with E-state index >= 15 is 0 Å². The summed E-state index contributed by atoms with van der Waals surface area (Å²) in [4.78, 5) is 34.4. The molecule has 0 atom stereocenters. The summed E-state index contributed by atoms with van der Waals surface area (Å²) in [6.07, 6.45) is 3.12. The molecule has 0 radical (unpaired) electrons. The van der Waals surface area contributed by atoms with Gasteiger partial charge < -0.3 is 14.0 Å². The summed E-state index contributed by atoms with van der Waals surface area (Å²) in [6, 6.07) is 9.85. The standard InChI is InChI=1S/C28H32N4O4/c1-8-23-30-25-17(2)13-18(3)29-26(25)31(23)16-19-9-11-22-20(14-19)15-21(10-12-24(33)35-7)32(22)27(34)36-28(4,5)6/h9-15H,8,16H2,1-7H3/b12-10+. The average molecular weight is 489 g/mol. The summed E-state index contributed by atoms with van der Waals surface area (Å²) in [5.74, 6) is 0.466. The summed E-state index contributed by atoms with van der Waals surface area (Å²) in [7, 11) is 1.31. The molecule has 4 aromatic rings. The second-order valence-electron chi connectivity index (χ2n) is 9.86. The molecule has 0 unspecified atom stereocenters. The van der Waals surface area contributed by atoms with Crippen molar-refractivity contribution in [1.29, 1.82) is 0 Å². The molecule has 0 N–H and O–H groups in total. The number of imidazole rings is 1. The van der Waals surface area contributed by atoms with Crippen LogP contribution in [0.25, 0.3) is 28.1 Å². The first kappa shape index (κ1) is 25.2. The number of nitrogens with zero attached hydrogens (tertiary/aromatic N) is 4. The zero-order valence-corrected chi connectivity index (χ0v) is 21.9. The van der Waals surface area contributed by atoms with Gasteiger partial charge in [-0.3, -0.25) is 0 Å². The molecule has 0 spiro atoms. The SMILES string of the molecule is CCc1nc2c(C)cc(C)nc2n1Cc1ccc2c(c1)cc(/C=C/C(=O)OC)n2C(=O)OC(C)(C)C. The Balaban J connectivity index is 1.80. The van der Waals surface area contributed by atoms with Gasteiger partial charge in [0.05, 0.1) is 24.9 Å². The first-order chi connectivity index (χ1) is 17.0. The number of hydrogen-bond acceptors (Lipinski definition) is 6. The smallest absolute Gasteiger partial charge is 0.419 e. The van der Waals surface area contributed by atoms with Gasteiger partial charge in [0.25, 0.3) is 0 Å². The lowest BCUT2D eigenvalue weighted by atomic mass is 10.1. The maximum atomic E-state index is 13.1. The van der Waals surface area contributed by atoms with Crippen LogP contribution in [0, 0.1) is 13.8 Å². The number of benzene rings is 1. The minimum Gasteiger partial charge on any atom is -0.466 e. The number of fused-ring (bicyclic) bond motifs is 2. The summed E-state index contributed by atoms with van der Waals surface area (Å²) in [5, 5.41) is 0.852. The van der Waals surface area contributed by atoms with Crippen LogP contribution in [-0.2, 0) is 27.2 Å². The number of esters is 1. The number of aryl methyl sites for hydroxylation is 3. The maximum absolute atomic E-state index is 13.1. The molecule has 0 aliphatic rings. The van der Waals surface area contributed by atoms with E-state index in [4.69, 9.17) is 19.4 Å². The second kappa shape index (κ2) is 9.60. The fraction of sp³-hybridized carbons (Fsp3) is 0.357. The van der Waals surface area contributed by atoms with Crippen LogP contribution in [-0.4, -0.2) is 43.9 Å². The molecule has 0 amide bonds. The van der Waals surface area contributed by atoms with Gasteiger partial charge in [0.1, 0.15) is 16.9 Å². The van der Waals surface area contributed by atoms with Crippen molar-refractivity contribution < 1.29 is 19.1 Å². The van der Waals surface area contributed by atoms with Gasteiger partial charge in [-0.05, 0) is 76.1 Å². The van der Waals surface area contributed by atoms with Crippen LogP contribution >= 0.6 is 0 Å². The topological polar surface area (TPSA) is 88.2 Å². The Labute approximate surface area is 210 Å². The lowest BCUT2D eigenvalue weighted by molar-refractivity contribution is -0.134. The molecule has 0 aliphatic carbocycles. The van der Waals surface area contributed by atoms with Crippen molar-refractivity contribution in [2.24, 2.45) is 0 Å². The highest BCUT2D eigenvalue weighted by molar-refractivity contribution is 5.95. The highest BCUT2D eigenvalue weighted by Crippen LogP contribution is 2.26. The number of ether oxygens (including phenoxy) is 2. The molecule has 0 saturated carbocycles. The number of pyridine rings is 1. The Morgan fingerprint density at radius 1 is 1.08 bits per heavy atom. The Morgan fingerprint density at radius 2 is 1.83 bits per heavy atom. The van der Waals surface area contributed by atoms with Gasteiger partial charge in [-0.25, -0.2) is 24.1 Å². The Kier molecular flexibility index (Phi) is 6.71. The highest BCUT2D eigenvalue weighted by Gasteiger charge is 2.22. The Bertz CT molecular complexity index is 1500. The predicted molar refractivity (Wildman–Crippen MR) is 140 cm³/mol. The summed E-state index contributed by atoms with van der Waals surface area (Å²) >= 11 is 0. The quantitative estimate of drug-likeness (QED) is 0.269. The third kappa shape index (κ3) is 5.03. The minimum absolute atomic E-state index is 0.506. The Hall–Kier alpha value is -3.94. The van der Waals surface area contributed by atoms with E-state index in [1.54, 1.807) is 6.08 Å². The van der Waals surface area contributed by atoms with Crippen molar-refractivity contribution in [1.82, 2.24) is 19.1 Å². The van der Waals surface area contributed by atoms with Crippen molar-refractivity contribution in [3.8, 4) is 0 Å². The van der Waals surface area contributed by atoms with Crippen molar-refractivity contribution in [2.75, 3.05) is 7.11 Å². The van der Waals surface area contributed by atoms with Gasteiger partial charge >= 0.3 is 12.1 Å². The number of aromatic nitrogens is 4. The second-order valence-corrected chi connectivity index (χ2v) is 9.86. The third-order valence-electron chi connectivity index (χ3n) is 5.82. The first-order valence-electron chi connectivity index (χ1n) is 12.0. The third-order valence-corrected chi connectivity index (χ3v) is 5.82. The van der Waals surface area contributed by atoms with Gasteiger partial charge in [0, 0.05) is 23.6 Å². The molecule has 0 bridgehead atoms. The molecule has 0 saturated heterocycles. The van der Waals surface area contributed by atoms with Crippen molar-refractivity contribution in [3.05, 3.63) is 64.7 Å². The lowest BCUT2D eigenvalue weighted by Gasteiger charge is -2.20. The molecular formula is C28H32N4O4. The van der Waals surface area contributed by atoms with Crippen LogP contribution in [0.15, 0.2) is 36.4 Å². The number of methoxy groups -OCH3 is 1. The fourth-order valence-corrected chi connectivity index (χ4v) is 4.31. The zero-order valence-electron chi connectivity index (χ0n) is 21.9. The van der Waals surface area contributed by atoms with Crippen LogP contribution in [0.4, 0.5) is 4.79 Å².